The van der Waals surface area contributed by atoms with Gasteiger partial charge in [0, 0.05) is 22.3 Å². The summed E-state index contributed by atoms with van der Waals surface area (Å²) in [6, 6.07) is 28.2. The van der Waals surface area contributed by atoms with Gasteiger partial charge in [0.2, 0.25) is 0 Å². The van der Waals surface area contributed by atoms with E-state index in [9.17, 15) is 0 Å². The molecular weight excluding hydrogens is 736 g/mol. The maximum Gasteiger partial charge on any atom is 0.429 e. The standard InChI is InChI=1S/C56H84O2P/c1-49(2,3)37-25-29-45(41(33-37)53(13,14)15)57-59(47-31-27-39(51(7,8)9)35-43(47)55(19,20)21,48-32-28-40(52(10,11)12)36-44(48)56(22,23)24)58-46-30-26-38(50(4,5)6)34-42(46)54(16,17)18/h25-36H,1-24H3/q+1. The third-order valence-electron chi connectivity index (χ3n) is 11.7. The fraction of sp³-hybridized carbons (Fsp3) is 0.571. The molecule has 0 unspecified atom stereocenters. The van der Waals surface area contributed by atoms with Gasteiger partial charge in [-0.25, -0.2) is 0 Å². The van der Waals surface area contributed by atoms with Crippen molar-refractivity contribution in [2.24, 2.45) is 0 Å². The van der Waals surface area contributed by atoms with Crippen molar-refractivity contribution in [2.75, 3.05) is 0 Å². The van der Waals surface area contributed by atoms with Crippen LogP contribution in [0, 0.1) is 0 Å². The highest BCUT2D eigenvalue weighted by Gasteiger charge is 2.57. The minimum atomic E-state index is -3.36. The zero-order valence-corrected chi connectivity index (χ0v) is 43.1. The molecule has 0 N–H and O–H groups in total. The second kappa shape index (κ2) is 15.7. The SMILES string of the molecule is CC(C)(C)c1ccc(O[P+](Oc2ccc(C(C)(C)C)cc2C(C)(C)C)(c2ccc(C(C)(C)C)cc2C(C)(C)C)c2ccc(C(C)(C)C)cc2C(C)(C)C)c(C(C)(C)C)c1. The Hall–Kier alpha value is -3.09. The van der Waals surface area contributed by atoms with Crippen LogP contribution in [0.2, 0.25) is 0 Å². The molecule has 4 aromatic carbocycles. The maximum absolute atomic E-state index is 8.18. The Balaban J connectivity index is 2.41. The van der Waals surface area contributed by atoms with Crippen LogP contribution in [0.1, 0.15) is 211 Å². The average Bonchev–Trinajstić information content (AvgIpc) is 3.04. The molecule has 0 bridgehead atoms. The number of hydrogen-bond donors (Lipinski definition) is 0. The number of rotatable bonds is 6. The lowest BCUT2D eigenvalue weighted by Crippen LogP contribution is -2.40. The monoisotopic (exact) mass is 820 g/mol. The first-order valence-corrected chi connectivity index (χ1v) is 23.8. The molecule has 0 aromatic heterocycles. The highest BCUT2D eigenvalue weighted by molar-refractivity contribution is 7.82. The van der Waals surface area contributed by atoms with Gasteiger partial charge in [-0.3, -0.25) is 9.05 Å². The third-order valence-corrected chi connectivity index (χ3v) is 14.7. The van der Waals surface area contributed by atoms with E-state index in [1.807, 2.05) is 0 Å². The highest BCUT2D eigenvalue weighted by Crippen LogP contribution is 2.63. The summed E-state index contributed by atoms with van der Waals surface area (Å²) >= 11 is 0. The minimum Gasteiger partial charge on any atom is -0.298 e. The van der Waals surface area contributed by atoms with Crippen LogP contribution in [0.3, 0.4) is 0 Å². The molecule has 3 heteroatoms. The summed E-state index contributed by atoms with van der Waals surface area (Å²) in [7, 11) is -3.36. The van der Waals surface area contributed by atoms with Gasteiger partial charge in [0.1, 0.15) is 0 Å². The van der Waals surface area contributed by atoms with Gasteiger partial charge in [-0.15, -0.1) is 0 Å². The van der Waals surface area contributed by atoms with Crippen LogP contribution in [0.15, 0.2) is 72.8 Å². The van der Waals surface area contributed by atoms with Crippen LogP contribution in [-0.2, 0) is 43.3 Å². The smallest absolute Gasteiger partial charge is 0.298 e. The zero-order valence-electron chi connectivity index (χ0n) is 42.2. The van der Waals surface area contributed by atoms with E-state index in [1.54, 1.807) is 0 Å². The Morgan fingerprint density at radius 3 is 0.712 bits per heavy atom. The molecular formula is C56H84O2P+. The van der Waals surface area contributed by atoms with E-state index in [0.29, 0.717) is 0 Å². The Labute approximate surface area is 364 Å². The van der Waals surface area contributed by atoms with E-state index in [4.69, 9.17) is 9.05 Å². The topological polar surface area (TPSA) is 18.5 Å². The molecule has 0 atom stereocenters. The molecule has 2 nitrogen and oxygen atoms in total. The van der Waals surface area contributed by atoms with Crippen molar-refractivity contribution in [2.45, 2.75) is 209 Å². The molecule has 0 aliphatic carbocycles. The van der Waals surface area contributed by atoms with Crippen LogP contribution in [0.25, 0.3) is 0 Å². The molecule has 0 radical (unpaired) electrons. The van der Waals surface area contributed by atoms with Crippen LogP contribution >= 0.6 is 7.72 Å². The van der Waals surface area contributed by atoms with E-state index in [0.717, 1.165) is 22.1 Å². The van der Waals surface area contributed by atoms with Gasteiger partial charge in [0.05, 0.1) is 0 Å². The quantitative estimate of drug-likeness (QED) is 0.180. The normalized spacial score (nSPS) is 14.1. The van der Waals surface area contributed by atoms with E-state index >= 15 is 0 Å². The molecule has 0 aliphatic rings. The molecule has 0 saturated heterocycles. The van der Waals surface area contributed by atoms with Crippen molar-refractivity contribution in [3.05, 3.63) is 117 Å². The molecule has 0 heterocycles. The van der Waals surface area contributed by atoms with E-state index < -0.39 is 7.72 Å². The first-order valence-electron chi connectivity index (χ1n) is 22.2. The predicted octanol–water partition coefficient (Wildman–Crippen LogP) is 16.0. The van der Waals surface area contributed by atoms with Gasteiger partial charge in [-0.05, 0) is 89.8 Å². The van der Waals surface area contributed by atoms with E-state index in [-0.39, 0.29) is 43.3 Å². The van der Waals surface area contributed by atoms with Gasteiger partial charge in [-0.1, -0.05) is 215 Å². The largest absolute Gasteiger partial charge is 0.429 e. The zero-order chi connectivity index (χ0) is 45.3. The average molecular weight is 820 g/mol. The first-order chi connectivity index (χ1) is 26.3. The van der Waals surface area contributed by atoms with Crippen molar-refractivity contribution in [3.8, 4) is 11.5 Å². The van der Waals surface area contributed by atoms with Gasteiger partial charge in [0.25, 0.3) is 0 Å². The van der Waals surface area contributed by atoms with E-state index in [2.05, 4.69) is 239 Å². The molecule has 0 aliphatic heterocycles. The second-order valence-electron chi connectivity index (χ2n) is 25.6. The Morgan fingerprint density at radius 1 is 0.271 bits per heavy atom. The minimum absolute atomic E-state index is 0.0257. The first kappa shape index (κ1) is 48.6. The third kappa shape index (κ3) is 10.9. The molecule has 0 fully saturated rings. The summed E-state index contributed by atoms with van der Waals surface area (Å²) < 4.78 is 16.4. The summed E-state index contributed by atoms with van der Waals surface area (Å²) in [5.74, 6) is 1.75. The molecule has 4 rings (SSSR count). The van der Waals surface area contributed by atoms with E-state index in [1.165, 1.54) is 44.5 Å². The molecule has 0 amide bonds. The van der Waals surface area contributed by atoms with Gasteiger partial charge in [-0.2, -0.15) is 0 Å². The molecule has 0 spiro atoms. The second-order valence-corrected chi connectivity index (χ2v) is 28.1. The van der Waals surface area contributed by atoms with Crippen molar-refractivity contribution >= 4 is 18.3 Å². The molecule has 324 valence electrons. The van der Waals surface area contributed by atoms with Crippen molar-refractivity contribution in [1.82, 2.24) is 0 Å². The number of hydrogen-bond acceptors (Lipinski definition) is 2. The van der Waals surface area contributed by atoms with Gasteiger partial charge >= 0.3 is 7.72 Å². The fourth-order valence-electron chi connectivity index (χ4n) is 7.67. The summed E-state index contributed by atoms with van der Waals surface area (Å²) in [5.41, 5.74) is 9.07. The number of benzene rings is 4. The summed E-state index contributed by atoms with van der Waals surface area (Å²) in [6.07, 6.45) is 0. The maximum atomic E-state index is 8.18. The molecule has 4 aromatic rings. The summed E-state index contributed by atoms with van der Waals surface area (Å²) in [6.45, 7) is 55.6. The fourth-order valence-corrected chi connectivity index (χ4v) is 11.2. The van der Waals surface area contributed by atoms with Crippen LogP contribution in [-0.4, -0.2) is 0 Å². The predicted molar refractivity (Wildman–Crippen MR) is 263 cm³/mol. The Kier molecular flexibility index (Phi) is 12.9. The van der Waals surface area contributed by atoms with Crippen molar-refractivity contribution < 1.29 is 9.05 Å². The molecule has 0 saturated carbocycles. The lowest BCUT2D eigenvalue weighted by molar-refractivity contribution is 0.452. The van der Waals surface area contributed by atoms with Crippen LogP contribution in [0.5, 0.6) is 11.5 Å². The van der Waals surface area contributed by atoms with Crippen LogP contribution < -0.4 is 19.7 Å². The lowest BCUT2D eigenvalue weighted by atomic mass is 9.80. The van der Waals surface area contributed by atoms with Gasteiger partial charge in [0.15, 0.2) is 22.1 Å². The highest BCUT2D eigenvalue weighted by atomic mass is 31.2. The van der Waals surface area contributed by atoms with Crippen LogP contribution in [0.4, 0.5) is 0 Å². The summed E-state index contributed by atoms with van der Waals surface area (Å²) in [5, 5.41) is 2.26. The van der Waals surface area contributed by atoms with Gasteiger partial charge < -0.3 is 0 Å². The lowest BCUT2D eigenvalue weighted by Gasteiger charge is -2.36. The Morgan fingerprint density at radius 2 is 0.492 bits per heavy atom. The Bertz CT molecular complexity index is 1970. The summed E-state index contributed by atoms with van der Waals surface area (Å²) in [4.78, 5) is 0. The van der Waals surface area contributed by atoms with Crippen molar-refractivity contribution in [1.29, 1.82) is 0 Å². The van der Waals surface area contributed by atoms with Crippen molar-refractivity contribution in [3.63, 3.8) is 0 Å². The molecule has 59 heavy (non-hydrogen) atoms.